The molecule has 29 heavy (non-hydrogen) atoms. The van der Waals surface area contributed by atoms with E-state index in [4.69, 9.17) is 4.98 Å². The number of hydrogen-bond donors (Lipinski definition) is 1. The molecule has 3 fully saturated rings. The van der Waals surface area contributed by atoms with Crippen LogP contribution < -0.4 is 5.32 Å². The second kappa shape index (κ2) is 8.58. The molecule has 2 bridgehead atoms. The zero-order valence-electron chi connectivity index (χ0n) is 16.7. The molecule has 0 spiro atoms. The molecule has 7 nitrogen and oxygen atoms in total. The lowest BCUT2D eigenvalue weighted by molar-refractivity contribution is 0.0767. The average molecular weight is 423 g/mol. The minimum absolute atomic E-state index is 0. The largest absolute Gasteiger partial charge is 0.351 e. The standard InChI is InChI=1S/C20H30N4O3S.CH4/c1-13(2)18-16(19(25)24-7-9-28(26,27)10-8-24)12-21-20(23-18)22-17-6-4-14-3-5-15(17)11-14;/h12-15,17H,3-11H2,1-2H3,(H,21,22,23);1H4/t14-,15-,17-;/m1./s1. The van der Waals surface area contributed by atoms with Gasteiger partial charge in [-0.25, -0.2) is 18.4 Å². The van der Waals surface area contributed by atoms with Gasteiger partial charge in [0.25, 0.3) is 5.91 Å². The van der Waals surface area contributed by atoms with Crippen molar-refractivity contribution < 1.29 is 13.2 Å². The first kappa shape index (κ1) is 22.0. The average Bonchev–Trinajstić information content (AvgIpc) is 3.05. The van der Waals surface area contributed by atoms with Crippen LogP contribution in [0.5, 0.6) is 0 Å². The van der Waals surface area contributed by atoms with Gasteiger partial charge >= 0.3 is 0 Å². The number of nitrogens with zero attached hydrogens (tertiary/aromatic N) is 3. The summed E-state index contributed by atoms with van der Waals surface area (Å²) in [6.07, 6.45) is 8.01. The van der Waals surface area contributed by atoms with E-state index in [0.29, 0.717) is 23.5 Å². The van der Waals surface area contributed by atoms with Crippen LogP contribution in [0, 0.1) is 11.8 Å². The molecule has 1 aliphatic heterocycles. The Morgan fingerprint density at radius 1 is 1.17 bits per heavy atom. The van der Waals surface area contributed by atoms with Gasteiger partial charge in [-0.3, -0.25) is 4.79 Å². The van der Waals surface area contributed by atoms with Crippen LogP contribution >= 0.6 is 0 Å². The number of carbonyl (C=O) groups excluding carboxylic acids is 1. The van der Waals surface area contributed by atoms with Crippen LogP contribution in [0.1, 0.15) is 75.3 Å². The number of hydrogen-bond acceptors (Lipinski definition) is 6. The highest BCUT2D eigenvalue weighted by atomic mass is 32.2. The van der Waals surface area contributed by atoms with E-state index >= 15 is 0 Å². The van der Waals surface area contributed by atoms with Gasteiger partial charge in [0.1, 0.15) is 0 Å². The highest BCUT2D eigenvalue weighted by molar-refractivity contribution is 7.91. The van der Waals surface area contributed by atoms with Crippen molar-refractivity contribution in [1.82, 2.24) is 14.9 Å². The first-order valence-corrected chi connectivity index (χ1v) is 12.3. The molecule has 1 amide bonds. The minimum Gasteiger partial charge on any atom is -0.351 e. The van der Waals surface area contributed by atoms with Crippen LogP contribution in [-0.2, 0) is 9.84 Å². The van der Waals surface area contributed by atoms with Gasteiger partial charge in [0.15, 0.2) is 9.84 Å². The van der Waals surface area contributed by atoms with Crippen LogP contribution in [0.2, 0.25) is 0 Å². The molecule has 8 heteroatoms. The monoisotopic (exact) mass is 422 g/mol. The van der Waals surface area contributed by atoms with Crippen molar-refractivity contribution in [2.75, 3.05) is 29.9 Å². The summed E-state index contributed by atoms with van der Waals surface area (Å²) in [6, 6.07) is 0.424. The van der Waals surface area contributed by atoms with Crippen molar-refractivity contribution in [2.45, 2.75) is 65.3 Å². The summed E-state index contributed by atoms with van der Waals surface area (Å²) >= 11 is 0. The number of aromatic nitrogens is 2. The Kier molecular flexibility index (Phi) is 6.51. The molecule has 1 aromatic rings. The van der Waals surface area contributed by atoms with Crippen molar-refractivity contribution >= 4 is 21.7 Å². The number of rotatable bonds is 4. The maximum Gasteiger partial charge on any atom is 0.257 e. The van der Waals surface area contributed by atoms with Gasteiger partial charge in [0.2, 0.25) is 5.95 Å². The van der Waals surface area contributed by atoms with E-state index in [0.717, 1.165) is 11.6 Å². The first-order chi connectivity index (χ1) is 13.3. The fraction of sp³-hybridized carbons (Fsp3) is 0.762. The molecule has 1 saturated heterocycles. The zero-order chi connectivity index (χ0) is 19.9. The maximum atomic E-state index is 13.0. The van der Waals surface area contributed by atoms with Gasteiger partial charge in [-0.05, 0) is 43.4 Å². The molecule has 3 atom stereocenters. The molecule has 0 unspecified atom stereocenters. The molecular weight excluding hydrogens is 388 g/mol. The van der Waals surface area contributed by atoms with E-state index in [1.807, 2.05) is 13.8 Å². The van der Waals surface area contributed by atoms with Crippen LogP contribution in [0.15, 0.2) is 6.20 Å². The third-order valence-electron chi connectivity index (χ3n) is 6.58. The van der Waals surface area contributed by atoms with Gasteiger partial charge < -0.3 is 10.2 Å². The van der Waals surface area contributed by atoms with Crippen molar-refractivity contribution in [3.8, 4) is 0 Å². The normalized spacial score (nSPS) is 28.1. The van der Waals surface area contributed by atoms with Gasteiger partial charge in [-0.15, -0.1) is 0 Å². The van der Waals surface area contributed by atoms with E-state index in [2.05, 4.69) is 10.3 Å². The topological polar surface area (TPSA) is 92.3 Å². The second-order valence-electron chi connectivity index (χ2n) is 8.86. The van der Waals surface area contributed by atoms with E-state index < -0.39 is 9.84 Å². The van der Waals surface area contributed by atoms with Gasteiger partial charge in [-0.1, -0.05) is 27.7 Å². The molecular formula is C21H34N4O3S. The fourth-order valence-electron chi connectivity index (χ4n) is 4.90. The van der Waals surface area contributed by atoms with Gasteiger partial charge in [0.05, 0.1) is 22.8 Å². The Morgan fingerprint density at radius 2 is 1.86 bits per heavy atom. The Balaban J connectivity index is 0.00000240. The Labute approximate surface area is 174 Å². The summed E-state index contributed by atoms with van der Waals surface area (Å²) in [5.41, 5.74) is 1.22. The number of sulfone groups is 1. The highest BCUT2D eigenvalue weighted by Crippen LogP contribution is 2.42. The fourth-order valence-corrected chi connectivity index (χ4v) is 6.10. The van der Waals surface area contributed by atoms with Crippen molar-refractivity contribution in [2.24, 2.45) is 11.8 Å². The van der Waals surface area contributed by atoms with Crippen molar-refractivity contribution in [3.05, 3.63) is 17.5 Å². The summed E-state index contributed by atoms with van der Waals surface area (Å²) in [5, 5.41) is 3.53. The third-order valence-corrected chi connectivity index (χ3v) is 8.19. The smallest absolute Gasteiger partial charge is 0.257 e. The number of nitrogens with one attached hydrogen (secondary N) is 1. The molecule has 1 aromatic heterocycles. The maximum absolute atomic E-state index is 13.0. The highest BCUT2D eigenvalue weighted by Gasteiger charge is 2.36. The molecule has 2 heterocycles. The molecule has 4 rings (SSSR count). The second-order valence-corrected chi connectivity index (χ2v) is 11.2. The van der Waals surface area contributed by atoms with Crippen LogP contribution in [-0.4, -0.2) is 59.8 Å². The summed E-state index contributed by atoms with van der Waals surface area (Å²) in [6.45, 7) is 4.52. The quantitative estimate of drug-likeness (QED) is 0.802. The number of carbonyl (C=O) groups is 1. The summed E-state index contributed by atoms with van der Waals surface area (Å²) < 4.78 is 23.3. The van der Waals surface area contributed by atoms with Crippen LogP contribution in [0.25, 0.3) is 0 Å². The summed E-state index contributed by atoms with van der Waals surface area (Å²) in [7, 11) is -3.02. The number of amides is 1. The molecule has 0 radical (unpaired) electrons. The van der Waals surface area contributed by atoms with E-state index in [1.54, 1.807) is 11.1 Å². The summed E-state index contributed by atoms with van der Waals surface area (Å²) in [4.78, 5) is 23.7. The van der Waals surface area contributed by atoms with E-state index in [1.165, 1.54) is 32.1 Å². The Hall–Kier alpha value is -1.70. The lowest BCUT2D eigenvalue weighted by Crippen LogP contribution is -2.44. The third kappa shape index (κ3) is 4.73. The predicted molar refractivity (Wildman–Crippen MR) is 115 cm³/mol. The van der Waals surface area contributed by atoms with Crippen molar-refractivity contribution in [1.29, 1.82) is 0 Å². The van der Waals surface area contributed by atoms with E-state index in [-0.39, 0.29) is 43.8 Å². The van der Waals surface area contributed by atoms with E-state index in [9.17, 15) is 13.2 Å². The van der Waals surface area contributed by atoms with Gasteiger partial charge in [-0.2, -0.15) is 0 Å². The number of anilines is 1. The van der Waals surface area contributed by atoms with Crippen molar-refractivity contribution in [3.63, 3.8) is 0 Å². The van der Waals surface area contributed by atoms with Crippen LogP contribution in [0.4, 0.5) is 5.95 Å². The molecule has 1 N–H and O–H groups in total. The molecule has 0 aromatic carbocycles. The number of fused-ring (bicyclic) bond motifs is 2. The minimum atomic E-state index is -3.02. The van der Waals surface area contributed by atoms with Gasteiger partial charge in [0, 0.05) is 25.3 Å². The lowest BCUT2D eigenvalue weighted by atomic mass is 9.85. The first-order valence-electron chi connectivity index (χ1n) is 10.5. The SMILES string of the molecule is C.CC(C)c1nc(N[C@@H]2CC[C@H]3CC[C@@H]2C3)ncc1C(=O)N1CCS(=O)(=O)CC1. The Bertz CT molecular complexity index is 841. The summed E-state index contributed by atoms with van der Waals surface area (Å²) in [5.74, 6) is 2.20. The molecule has 3 aliphatic rings. The molecule has 162 valence electrons. The molecule has 2 aliphatic carbocycles. The lowest BCUT2D eigenvalue weighted by Gasteiger charge is -2.30. The molecule has 2 saturated carbocycles. The predicted octanol–water partition coefficient (Wildman–Crippen LogP) is 3.10. The van der Waals surface area contributed by atoms with Crippen LogP contribution in [0.3, 0.4) is 0 Å². The zero-order valence-corrected chi connectivity index (χ0v) is 17.5. The Morgan fingerprint density at radius 3 is 2.55 bits per heavy atom.